The van der Waals surface area contributed by atoms with Crippen LogP contribution in [0.2, 0.25) is 0 Å². The van der Waals surface area contributed by atoms with Gasteiger partial charge in [-0.2, -0.15) is 5.10 Å². The summed E-state index contributed by atoms with van der Waals surface area (Å²) in [6.45, 7) is 5.91. The van der Waals surface area contributed by atoms with E-state index in [2.05, 4.69) is 46.2 Å². The third kappa shape index (κ3) is 4.62. The monoisotopic (exact) mass is 362 g/mol. The lowest BCUT2D eigenvalue weighted by molar-refractivity contribution is -0.0121. The molecule has 0 radical (unpaired) electrons. The van der Waals surface area contributed by atoms with Gasteiger partial charge in [0.05, 0.1) is 18.4 Å². The zero-order valence-electron chi connectivity index (χ0n) is 15.8. The molecule has 0 bridgehead atoms. The third-order valence-electron chi connectivity index (χ3n) is 5.16. The third-order valence-corrected chi connectivity index (χ3v) is 5.16. The molecule has 1 fully saturated rings. The van der Waals surface area contributed by atoms with Gasteiger partial charge >= 0.3 is 0 Å². The van der Waals surface area contributed by atoms with Crippen molar-refractivity contribution in [2.45, 2.75) is 39.0 Å². The maximum atomic E-state index is 6.14. The van der Waals surface area contributed by atoms with Crippen LogP contribution in [0, 0.1) is 6.92 Å². The van der Waals surface area contributed by atoms with Crippen LogP contribution in [0.15, 0.2) is 61.2 Å². The number of pyridine rings is 1. The van der Waals surface area contributed by atoms with Crippen LogP contribution in [-0.2, 0) is 17.9 Å². The first-order valence-electron chi connectivity index (χ1n) is 9.60. The van der Waals surface area contributed by atoms with Gasteiger partial charge in [-0.1, -0.05) is 12.1 Å². The lowest BCUT2D eigenvalue weighted by Crippen LogP contribution is -2.39. The smallest absolute Gasteiger partial charge is 0.0736 e. The summed E-state index contributed by atoms with van der Waals surface area (Å²) < 4.78 is 8.04. The molecule has 0 N–H and O–H groups in total. The fourth-order valence-electron chi connectivity index (χ4n) is 3.65. The maximum absolute atomic E-state index is 6.14. The van der Waals surface area contributed by atoms with Gasteiger partial charge in [-0.15, -0.1) is 0 Å². The normalized spacial score (nSPS) is 17.9. The molecule has 4 rings (SSSR count). The molecule has 1 saturated heterocycles. The molecule has 5 nitrogen and oxygen atoms in total. The Morgan fingerprint density at radius 2 is 2.15 bits per heavy atom. The van der Waals surface area contributed by atoms with Gasteiger partial charge in [0.25, 0.3) is 0 Å². The van der Waals surface area contributed by atoms with Crippen molar-refractivity contribution in [3.63, 3.8) is 0 Å². The van der Waals surface area contributed by atoms with Crippen molar-refractivity contribution in [3.8, 4) is 5.69 Å². The Morgan fingerprint density at radius 1 is 1.19 bits per heavy atom. The summed E-state index contributed by atoms with van der Waals surface area (Å²) in [6.07, 6.45) is 10.1. The first-order chi connectivity index (χ1) is 13.3. The van der Waals surface area contributed by atoms with Crippen molar-refractivity contribution in [3.05, 3.63) is 77.9 Å². The van der Waals surface area contributed by atoms with Gasteiger partial charge in [-0.3, -0.25) is 9.88 Å². The Labute approximate surface area is 160 Å². The molecule has 5 heteroatoms. The van der Waals surface area contributed by atoms with E-state index in [1.54, 1.807) is 6.20 Å². The van der Waals surface area contributed by atoms with E-state index in [4.69, 9.17) is 4.74 Å². The van der Waals surface area contributed by atoms with Crippen LogP contribution < -0.4 is 0 Å². The molecule has 1 aromatic carbocycles. The Hall–Kier alpha value is -2.50. The Bertz CT molecular complexity index is 848. The van der Waals surface area contributed by atoms with Crippen LogP contribution in [0.25, 0.3) is 5.69 Å². The van der Waals surface area contributed by atoms with E-state index in [0.29, 0.717) is 12.7 Å². The van der Waals surface area contributed by atoms with Crippen LogP contribution in [0.3, 0.4) is 0 Å². The average molecular weight is 362 g/mol. The molecule has 1 atom stereocenters. The van der Waals surface area contributed by atoms with Crippen LogP contribution in [-0.4, -0.2) is 38.9 Å². The first kappa shape index (κ1) is 17.9. The van der Waals surface area contributed by atoms with E-state index in [-0.39, 0.29) is 0 Å². The molecule has 3 aromatic rings. The van der Waals surface area contributed by atoms with Crippen molar-refractivity contribution in [2.24, 2.45) is 0 Å². The minimum absolute atomic E-state index is 0.294. The van der Waals surface area contributed by atoms with Crippen LogP contribution in [0.4, 0.5) is 0 Å². The van der Waals surface area contributed by atoms with Crippen LogP contribution >= 0.6 is 0 Å². The quantitative estimate of drug-likeness (QED) is 0.670. The minimum Gasteiger partial charge on any atom is -0.372 e. The van der Waals surface area contributed by atoms with Crippen molar-refractivity contribution >= 4 is 0 Å². The summed E-state index contributed by atoms with van der Waals surface area (Å²) in [5.74, 6) is 0. The minimum atomic E-state index is 0.294. The summed E-state index contributed by atoms with van der Waals surface area (Å²) in [5.41, 5.74) is 4.93. The first-order valence-corrected chi connectivity index (χ1v) is 9.60. The average Bonchev–Trinajstić information content (AvgIpc) is 3.24. The summed E-state index contributed by atoms with van der Waals surface area (Å²) in [5, 5.41) is 4.31. The van der Waals surface area contributed by atoms with Gasteiger partial charge in [0.2, 0.25) is 0 Å². The highest BCUT2D eigenvalue weighted by atomic mass is 16.5. The fourth-order valence-corrected chi connectivity index (χ4v) is 3.65. The largest absolute Gasteiger partial charge is 0.372 e. The van der Waals surface area contributed by atoms with Crippen molar-refractivity contribution in [1.29, 1.82) is 0 Å². The molecule has 0 aliphatic carbocycles. The highest BCUT2D eigenvalue weighted by Gasteiger charge is 2.21. The van der Waals surface area contributed by atoms with Gasteiger partial charge in [0, 0.05) is 37.9 Å². The lowest BCUT2D eigenvalue weighted by Gasteiger charge is -2.33. The van der Waals surface area contributed by atoms with E-state index in [1.807, 2.05) is 35.4 Å². The Balaban J connectivity index is 1.35. The van der Waals surface area contributed by atoms with Crippen molar-refractivity contribution in [1.82, 2.24) is 19.7 Å². The van der Waals surface area contributed by atoms with E-state index in [1.165, 1.54) is 17.5 Å². The van der Waals surface area contributed by atoms with Gasteiger partial charge in [0.1, 0.15) is 0 Å². The molecule has 0 amide bonds. The molecule has 27 heavy (non-hydrogen) atoms. The van der Waals surface area contributed by atoms with Gasteiger partial charge in [-0.25, -0.2) is 4.68 Å². The highest BCUT2D eigenvalue weighted by Crippen LogP contribution is 2.20. The number of aryl methyl sites for hydroxylation is 1. The van der Waals surface area contributed by atoms with Gasteiger partial charge in [-0.05, 0) is 67.3 Å². The standard InChI is InChI=1S/C22H26N4O/c1-18-13-21(26-12-4-10-24-26)8-7-20(18)15-25-11-3-6-22(16-25)27-17-19-5-2-9-23-14-19/h2,4-5,7-10,12-14,22H,3,6,11,15-17H2,1H3. The van der Waals surface area contributed by atoms with Crippen molar-refractivity contribution in [2.75, 3.05) is 13.1 Å². The lowest BCUT2D eigenvalue weighted by atomic mass is 10.0. The Kier molecular flexibility index (Phi) is 5.61. The highest BCUT2D eigenvalue weighted by molar-refractivity contribution is 5.39. The molecular weight excluding hydrogens is 336 g/mol. The van der Waals surface area contributed by atoms with Crippen LogP contribution in [0.5, 0.6) is 0 Å². The molecule has 1 aliphatic heterocycles. The maximum Gasteiger partial charge on any atom is 0.0736 e. The molecule has 0 saturated carbocycles. The van der Waals surface area contributed by atoms with E-state index < -0.39 is 0 Å². The summed E-state index contributed by atoms with van der Waals surface area (Å²) in [6, 6.07) is 12.6. The molecule has 140 valence electrons. The zero-order chi connectivity index (χ0) is 18.5. The SMILES string of the molecule is Cc1cc(-n2cccn2)ccc1CN1CCCC(OCc2cccnc2)C1. The summed E-state index contributed by atoms with van der Waals surface area (Å²) in [4.78, 5) is 6.67. The zero-order valence-corrected chi connectivity index (χ0v) is 15.8. The predicted octanol–water partition coefficient (Wildman–Crippen LogP) is 3.76. The number of aromatic nitrogens is 3. The molecule has 1 aliphatic rings. The number of rotatable bonds is 6. The molecular formula is C22H26N4O. The summed E-state index contributed by atoms with van der Waals surface area (Å²) >= 11 is 0. The van der Waals surface area contributed by atoms with Gasteiger partial charge in [0.15, 0.2) is 0 Å². The second kappa shape index (κ2) is 8.46. The predicted molar refractivity (Wildman–Crippen MR) is 106 cm³/mol. The molecule has 1 unspecified atom stereocenters. The number of hydrogen-bond acceptors (Lipinski definition) is 4. The number of piperidine rings is 1. The number of benzene rings is 1. The van der Waals surface area contributed by atoms with Crippen LogP contribution in [0.1, 0.15) is 29.5 Å². The Morgan fingerprint density at radius 3 is 2.93 bits per heavy atom. The van der Waals surface area contributed by atoms with E-state index >= 15 is 0 Å². The number of hydrogen-bond donors (Lipinski definition) is 0. The second-order valence-corrected chi connectivity index (χ2v) is 7.23. The molecule has 2 aromatic heterocycles. The number of likely N-dealkylation sites (tertiary alicyclic amines) is 1. The summed E-state index contributed by atoms with van der Waals surface area (Å²) in [7, 11) is 0. The second-order valence-electron chi connectivity index (χ2n) is 7.23. The van der Waals surface area contributed by atoms with Gasteiger partial charge < -0.3 is 4.74 Å². The fraction of sp³-hybridized carbons (Fsp3) is 0.364. The number of nitrogens with zero attached hydrogens (tertiary/aromatic N) is 4. The van der Waals surface area contributed by atoms with E-state index in [9.17, 15) is 0 Å². The topological polar surface area (TPSA) is 43.2 Å². The number of ether oxygens (including phenoxy) is 1. The van der Waals surface area contributed by atoms with Crippen molar-refractivity contribution < 1.29 is 4.74 Å². The molecule has 0 spiro atoms. The molecule has 3 heterocycles. The van der Waals surface area contributed by atoms with E-state index in [0.717, 1.165) is 37.3 Å².